The molecule has 0 bridgehead atoms. The zero-order chi connectivity index (χ0) is 26.3. The number of hydrogen-bond acceptors (Lipinski definition) is 4. The summed E-state index contributed by atoms with van der Waals surface area (Å²) in [7, 11) is 3.19. The monoisotopic (exact) mass is 511 g/mol. The second kappa shape index (κ2) is 10.0. The lowest BCUT2D eigenvalue weighted by Gasteiger charge is -2.47. The molecule has 0 radical (unpaired) electrons. The third-order valence-electron chi connectivity index (χ3n) is 7.34. The molecule has 2 aliphatic rings. The molecule has 2 aromatic carbocycles. The van der Waals surface area contributed by atoms with E-state index in [4.69, 9.17) is 9.47 Å². The molecule has 2 saturated heterocycles. The maximum Gasteiger partial charge on any atom is 0.250 e. The first-order valence-corrected chi connectivity index (χ1v) is 12.2. The van der Waals surface area contributed by atoms with Crippen molar-refractivity contribution in [3.8, 4) is 11.4 Å². The number of fused-ring (bicyclic) bond motifs is 1. The van der Waals surface area contributed by atoms with Crippen molar-refractivity contribution < 1.29 is 27.4 Å². The van der Waals surface area contributed by atoms with Crippen molar-refractivity contribution in [2.45, 2.75) is 44.2 Å². The summed E-state index contributed by atoms with van der Waals surface area (Å²) < 4.78 is 55.1. The van der Waals surface area contributed by atoms with Gasteiger partial charge < -0.3 is 18.9 Å². The summed E-state index contributed by atoms with van der Waals surface area (Å²) in [6.45, 7) is 2.36. The molecule has 6 nitrogen and oxygen atoms in total. The van der Waals surface area contributed by atoms with E-state index in [1.807, 2.05) is 35.9 Å². The second-order valence-electron chi connectivity index (χ2n) is 9.58. The van der Waals surface area contributed by atoms with E-state index < -0.39 is 23.4 Å². The maximum absolute atomic E-state index is 14.2. The minimum Gasteiger partial charge on any atom is -0.495 e. The third kappa shape index (κ3) is 4.75. The zero-order valence-electron chi connectivity index (χ0n) is 20.9. The van der Waals surface area contributed by atoms with Gasteiger partial charge in [-0.25, -0.2) is 18.2 Å². The number of hydrogen-bond donors (Lipinski definition) is 0. The molecule has 2 fully saturated rings. The van der Waals surface area contributed by atoms with E-state index in [1.54, 1.807) is 31.5 Å². The molecule has 3 aromatic rings. The van der Waals surface area contributed by atoms with Crippen molar-refractivity contribution in [1.82, 2.24) is 14.5 Å². The van der Waals surface area contributed by atoms with Gasteiger partial charge in [-0.2, -0.15) is 0 Å². The van der Waals surface area contributed by atoms with Crippen molar-refractivity contribution >= 4 is 12.0 Å². The number of ether oxygens (including phenoxy) is 2. The van der Waals surface area contributed by atoms with Gasteiger partial charge in [0.05, 0.1) is 30.9 Å². The molecule has 37 heavy (non-hydrogen) atoms. The van der Waals surface area contributed by atoms with E-state index in [0.29, 0.717) is 36.3 Å². The molecule has 1 unspecified atom stereocenters. The van der Waals surface area contributed by atoms with E-state index >= 15 is 0 Å². The molecule has 0 saturated carbocycles. The van der Waals surface area contributed by atoms with Gasteiger partial charge in [-0.05, 0) is 67.7 Å². The van der Waals surface area contributed by atoms with Gasteiger partial charge in [0, 0.05) is 37.4 Å². The largest absolute Gasteiger partial charge is 0.495 e. The maximum atomic E-state index is 14.2. The first-order chi connectivity index (χ1) is 17.8. The standard InChI is InChI=1S/C28H28F3N3O3/c1-16-14-33(15-32-16)24-5-4-17(9-26(24)37-3)8-19-10-21(18-11-22(29)27(31)23(30)12-18)25-13-20(36-2)6-7-34(25)28(19)35/h4-5,8-9,11-12,14-15,20-21,25H,6-7,10,13H2,1-3H3/t20-,21?,25-/m1/s1. The Hall–Kier alpha value is -3.59. The average Bonchev–Trinajstić information content (AvgIpc) is 3.34. The van der Waals surface area contributed by atoms with Gasteiger partial charge >= 0.3 is 0 Å². The van der Waals surface area contributed by atoms with E-state index in [-0.39, 0.29) is 24.5 Å². The minimum absolute atomic E-state index is 0.0687. The van der Waals surface area contributed by atoms with Gasteiger partial charge in [0.15, 0.2) is 17.5 Å². The number of piperidine rings is 2. The zero-order valence-corrected chi connectivity index (χ0v) is 20.9. The highest BCUT2D eigenvalue weighted by Crippen LogP contribution is 2.42. The van der Waals surface area contributed by atoms with Crippen molar-refractivity contribution in [2.24, 2.45) is 0 Å². The Bertz CT molecular complexity index is 1350. The molecule has 0 aliphatic carbocycles. The summed E-state index contributed by atoms with van der Waals surface area (Å²) in [4.78, 5) is 19.6. The fourth-order valence-corrected chi connectivity index (χ4v) is 5.46. The van der Waals surface area contributed by atoms with Gasteiger partial charge in [-0.15, -0.1) is 0 Å². The van der Waals surface area contributed by atoms with Crippen LogP contribution in [0, 0.1) is 24.4 Å². The molecule has 0 spiro atoms. The SMILES string of the molecule is COc1cc(C=C2CC(c3cc(F)c(F)c(F)c3)[C@H]3C[C@H](OC)CCN3C2=O)ccc1-n1cnc(C)c1. The van der Waals surface area contributed by atoms with E-state index in [0.717, 1.165) is 29.1 Å². The van der Waals surface area contributed by atoms with Crippen LogP contribution in [0.15, 0.2) is 48.4 Å². The van der Waals surface area contributed by atoms with Crippen LogP contribution in [-0.4, -0.2) is 53.3 Å². The molecule has 194 valence electrons. The molecular weight excluding hydrogens is 483 g/mol. The third-order valence-corrected chi connectivity index (χ3v) is 7.34. The highest BCUT2D eigenvalue weighted by atomic mass is 19.2. The van der Waals surface area contributed by atoms with Crippen LogP contribution in [0.1, 0.15) is 42.0 Å². The van der Waals surface area contributed by atoms with E-state index in [9.17, 15) is 18.0 Å². The molecule has 2 aliphatic heterocycles. The Morgan fingerprint density at radius 3 is 2.51 bits per heavy atom. The number of nitrogens with zero attached hydrogens (tertiary/aromatic N) is 3. The lowest BCUT2D eigenvalue weighted by molar-refractivity contribution is -0.136. The van der Waals surface area contributed by atoms with Crippen LogP contribution in [0.3, 0.4) is 0 Å². The Labute approximate surface area is 213 Å². The number of halogens is 3. The van der Waals surface area contributed by atoms with Crippen LogP contribution in [0.25, 0.3) is 11.8 Å². The van der Waals surface area contributed by atoms with Crippen molar-refractivity contribution in [2.75, 3.05) is 20.8 Å². The normalized spacial score (nSPS) is 22.9. The summed E-state index contributed by atoms with van der Waals surface area (Å²) in [5.74, 6) is -3.90. The number of amides is 1. The summed E-state index contributed by atoms with van der Waals surface area (Å²) in [6, 6.07) is 7.36. The van der Waals surface area contributed by atoms with Crippen LogP contribution >= 0.6 is 0 Å². The molecule has 3 heterocycles. The number of carbonyl (C=O) groups excluding carboxylic acids is 1. The lowest BCUT2D eigenvalue weighted by atomic mass is 9.76. The predicted molar refractivity (Wildman–Crippen MR) is 132 cm³/mol. The number of rotatable bonds is 5. The molecule has 0 N–H and O–H groups in total. The van der Waals surface area contributed by atoms with Crippen molar-refractivity contribution in [1.29, 1.82) is 0 Å². The number of methoxy groups -OCH3 is 2. The fraction of sp³-hybridized carbons (Fsp3) is 0.357. The highest BCUT2D eigenvalue weighted by molar-refractivity contribution is 5.99. The Morgan fingerprint density at radius 1 is 1.11 bits per heavy atom. The van der Waals surface area contributed by atoms with Gasteiger partial charge in [0.25, 0.3) is 0 Å². The number of benzene rings is 2. The molecule has 1 amide bonds. The van der Waals surface area contributed by atoms with Crippen LogP contribution in [-0.2, 0) is 9.53 Å². The van der Waals surface area contributed by atoms with Crippen molar-refractivity contribution in [3.63, 3.8) is 0 Å². The van der Waals surface area contributed by atoms with Gasteiger partial charge in [0.1, 0.15) is 5.75 Å². The molecule has 3 atom stereocenters. The van der Waals surface area contributed by atoms with Crippen LogP contribution in [0.2, 0.25) is 0 Å². The molecular formula is C28H28F3N3O3. The summed E-state index contributed by atoms with van der Waals surface area (Å²) in [5.41, 5.74) is 3.26. The van der Waals surface area contributed by atoms with Crippen LogP contribution in [0.5, 0.6) is 5.75 Å². The fourth-order valence-electron chi connectivity index (χ4n) is 5.46. The van der Waals surface area contributed by atoms with Crippen molar-refractivity contribution in [3.05, 3.63) is 82.7 Å². The predicted octanol–water partition coefficient (Wildman–Crippen LogP) is 5.18. The smallest absolute Gasteiger partial charge is 0.250 e. The summed E-state index contributed by atoms with van der Waals surface area (Å²) in [5, 5.41) is 0. The second-order valence-corrected chi connectivity index (χ2v) is 9.58. The van der Waals surface area contributed by atoms with Gasteiger partial charge in [-0.3, -0.25) is 4.79 Å². The Balaban J connectivity index is 1.53. The van der Waals surface area contributed by atoms with Crippen LogP contribution < -0.4 is 4.74 Å². The van der Waals surface area contributed by atoms with E-state index in [2.05, 4.69) is 4.98 Å². The molecule has 5 rings (SSSR count). The number of carbonyl (C=O) groups is 1. The number of imidazole rings is 1. The average molecular weight is 512 g/mol. The first kappa shape index (κ1) is 25.1. The summed E-state index contributed by atoms with van der Waals surface area (Å²) in [6.07, 6.45) is 6.76. The number of aromatic nitrogens is 2. The van der Waals surface area contributed by atoms with Gasteiger partial charge in [-0.1, -0.05) is 6.07 Å². The lowest BCUT2D eigenvalue weighted by Crippen LogP contribution is -2.54. The first-order valence-electron chi connectivity index (χ1n) is 12.2. The Morgan fingerprint density at radius 2 is 1.86 bits per heavy atom. The highest BCUT2D eigenvalue weighted by Gasteiger charge is 2.43. The quantitative estimate of drug-likeness (QED) is 0.350. The topological polar surface area (TPSA) is 56.6 Å². The van der Waals surface area contributed by atoms with E-state index in [1.165, 1.54) is 0 Å². The van der Waals surface area contributed by atoms with Crippen LogP contribution in [0.4, 0.5) is 13.2 Å². The van der Waals surface area contributed by atoms with Gasteiger partial charge in [0.2, 0.25) is 5.91 Å². The molecule has 9 heteroatoms. The molecule has 1 aromatic heterocycles. The Kier molecular flexibility index (Phi) is 6.81. The number of aryl methyl sites for hydroxylation is 1. The minimum atomic E-state index is -1.50. The summed E-state index contributed by atoms with van der Waals surface area (Å²) >= 11 is 0.